The highest BCUT2D eigenvalue weighted by Gasteiger charge is 2.11. The minimum Gasteiger partial charge on any atom is -0.497 e. The normalized spacial score (nSPS) is 9.81. The van der Waals surface area contributed by atoms with Crippen molar-refractivity contribution in [2.45, 2.75) is 6.61 Å². The summed E-state index contributed by atoms with van der Waals surface area (Å²) in [5.41, 5.74) is 1.11. The predicted molar refractivity (Wildman–Crippen MR) is 76.7 cm³/mol. The van der Waals surface area contributed by atoms with Gasteiger partial charge in [-0.2, -0.15) is 5.26 Å². The van der Waals surface area contributed by atoms with E-state index in [-0.39, 0.29) is 6.61 Å². The Labute approximate surface area is 122 Å². The molecule has 0 aromatic heterocycles. The van der Waals surface area contributed by atoms with Crippen molar-refractivity contribution >= 4 is 0 Å². The van der Waals surface area contributed by atoms with E-state index in [0.29, 0.717) is 34.1 Å². The minimum atomic E-state index is -0.0841. The molecule has 0 radical (unpaired) electrons. The van der Waals surface area contributed by atoms with Gasteiger partial charge >= 0.3 is 0 Å². The van der Waals surface area contributed by atoms with Gasteiger partial charge in [0.15, 0.2) is 11.5 Å². The molecule has 0 spiro atoms. The molecular weight excluding hydrogens is 270 g/mol. The molecule has 0 saturated carbocycles. The summed E-state index contributed by atoms with van der Waals surface area (Å²) < 4.78 is 16.1. The maximum Gasteiger partial charge on any atom is 0.169 e. The van der Waals surface area contributed by atoms with Gasteiger partial charge in [-0.05, 0) is 29.8 Å². The number of benzene rings is 2. The third-order valence-electron chi connectivity index (χ3n) is 2.94. The standard InChI is InChI=1S/C16H15NO4/c1-19-13-5-4-12(9-17)15(8-13)21-14-6-3-11(10-18)7-16(14)20-2/h3-8,18H,10H2,1-2H3. The third-order valence-corrected chi connectivity index (χ3v) is 2.94. The zero-order valence-electron chi connectivity index (χ0n) is 11.8. The highest BCUT2D eigenvalue weighted by molar-refractivity contribution is 5.52. The van der Waals surface area contributed by atoms with Crippen LogP contribution in [0.2, 0.25) is 0 Å². The maximum atomic E-state index is 9.13. The summed E-state index contributed by atoms with van der Waals surface area (Å²) in [5, 5.41) is 18.3. The van der Waals surface area contributed by atoms with E-state index in [2.05, 4.69) is 6.07 Å². The first-order valence-corrected chi connectivity index (χ1v) is 6.25. The predicted octanol–water partition coefficient (Wildman–Crippen LogP) is 2.86. The van der Waals surface area contributed by atoms with Gasteiger partial charge in [-0.1, -0.05) is 6.07 Å². The topological polar surface area (TPSA) is 71.7 Å². The quantitative estimate of drug-likeness (QED) is 0.914. The van der Waals surface area contributed by atoms with Crippen LogP contribution in [0.4, 0.5) is 0 Å². The van der Waals surface area contributed by atoms with Gasteiger partial charge < -0.3 is 19.3 Å². The number of nitriles is 1. The second kappa shape index (κ2) is 6.64. The first-order chi connectivity index (χ1) is 10.2. The van der Waals surface area contributed by atoms with Crippen LogP contribution in [0.25, 0.3) is 0 Å². The van der Waals surface area contributed by atoms with E-state index in [0.717, 1.165) is 0 Å². The molecule has 2 rings (SSSR count). The van der Waals surface area contributed by atoms with Crippen molar-refractivity contribution in [3.05, 3.63) is 47.5 Å². The highest BCUT2D eigenvalue weighted by atomic mass is 16.5. The van der Waals surface area contributed by atoms with Crippen LogP contribution < -0.4 is 14.2 Å². The summed E-state index contributed by atoms with van der Waals surface area (Å²) >= 11 is 0. The molecule has 1 N–H and O–H groups in total. The molecule has 108 valence electrons. The van der Waals surface area contributed by atoms with Crippen molar-refractivity contribution in [1.29, 1.82) is 5.26 Å². The molecule has 5 heteroatoms. The number of rotatable bonds is 5. The largest absolute Gasteiger partial charge is 0.497 e. The van der Waals surface area contributed by atoms with E-state index in [1.54, 1.807) is 43.5 Å². The zero-order chi connectivity index (χ0) is 15.2. The van der Waals surface area contributed by atoms with Gasteiger partial charge in [-0.15, -0.1) is 0 Å². The Morgan fingerprint density at radius 2 is 1.81 bits per heavy atom. The van der Waals surface area contributed by atoms with Crippen LogP contribution in [0.3, 0.4) is 0 Å². The SMILES string of the molecule is COc1ccc(C#N)c(Oc2ccc(CO)cc2OC)c1. The van der Waals surface area contributed by atoms with Crippen molar-refractivity contribution in [2.75, 3.05) is 14.2 Å². The van der Waals surface area contributed by atoms with E-state index in [4.69, 9.17) is 24.6 Å². The lowest BCUT2D eigenvalue weighted by atomic mass is 10.2. The van der Waals surface area contributed by atoms with Crippen LogP contribution in [0.15, 0.2) is 36.4 Å². The van der Waals surface area contributed by atoms with E-state index in [1.165, 1.54) is 7.11 Å². The average Bonchev–Trinajstić information content (AvgIpc) is 2.55. The Hall–Kier alpha value is -2.71. The lowest BCUT2D eigenvalue weighted by Crippen LogP contribution is -1.95. The molecule has 0 aliphatic rings. The summed E-state index contributed by atoms with van der Waals surface area (Å²) in [7, 11) is 3.06. The van der Waals surface area contributed by atoms with Crippen molar-refractivity contribution in [3.63, 3.8) is 0 Å². The fraction of sp³-hybridized carbons (Fsp3) is 0.188. The number of ether oxygens (including phenoxy) is 3. The Morgan fingerprint density at radius 1 is 1.00 bits per heavy atom. The van der Waals surface area contributed by atoms with Crippen molar-refractivity contribution in [2.24, 2.45) is 0 Å². The van der Waals surface area contributed by atoms with Gasteiger partial charge in [-0.25, -0.2) is 0 Å². The maximum absolute atomic E-state index is 9.13. The van der Waals surface area contributed by atoms with Gasteiger partial charge in [0.2, 0.25) is 0 Å². The molecule has 0 amide bonds. The molecule has 0 bridgehead atoms. The summed E-state index contributed by atoms with van der Waals surface area (Å²) in [6.07, 6.45) is 0. The van der Waals surface area contributed by atoms with Crippen LogP contribution in [-0.4, -0.2) is 19.3 Å². The zero-order valence-corrected chi connectivity index (χ0v) is 11.8. The summed E-state index contributed by atoms with van der Waals surface area (Å²) in [6, 6.07) is 12.1. The van der Waals surface area contributed by atoms with Crippen LogP contribution in [0, 0.1) is 11.3 Å². The summed E-state index contributed by atoms with van der Waals surface area (Å²) in [5.74, 6) is 1.91. The first kappa shape index (κ1) is 14.7. The molecule has 0 atom stereocenters. The van der Waals surface area contributed by atoms with Crippen LogP contribution in [0.5, 0.6) is 23.0 Å². The number of aliphatic hydroxyl groups excluding tert-OH is 1. The molecule has 2 aromatic rings. The number of aliphatic hydroxyl groups is 1. The monoisotopic (exact) mass is 285 g/mol. The fourth-order valence-corrected chi connectivity index (χ4v) is 1.82. The lowest BCUT2D eigenvalue weighted by molar-refractivity contribution is 0.280. The Balaban J connectivity index is 2.40. The van der Waals surface area contributed by atoms with Gasteiger partial charge in [0, 0.05) is 6.07 Å². The van der Waals surface area contributed by atoms with Gasteiger partial charge in [0.25, 0.3) is 0 Å². The second-order valence-electron chi connectivity index (χ2n) is 4.22. The Kier molecular flexibility index (Phi) is 4.64. The molecule has 21 heavy (non-hydrogen) atoms. The molecule has 0 fully saturated rings. The summed E-state index contributed by atoms with van der Waals surface area (Å²) in [4.78, 5) is 0. The molecule has 0 saturated heterocycles. The van der Waals surface area contributed by atoms with E-state index < -0.39 is 0 Å². The van der Waals surface area contributed by atoms with E-state index in [1.807, 2.05) is 0 Å². The molecular formula is C16H15NO4. The van der Waals surface area contributed by atoms with E-state index >= 15 is 0 Å². The van der Waals surface area contributed by atoms with Gasteiger partial charge in [0.05, 0.1) is 26.4 Å². The summed E-state index contributed by atoms with van der Waals surface area (Å²) in [6.45, 7) is -0.0841. The van der Waals surface area contributed by atoms with Crippen LogP contribution in [-0.2, 0) is 6.61 Å². The van der Waals surface area contributed by atoms with Crippen LogP contribution >= 0.6 is 0 Å². The minimum absolute atomic E-state index is 0.0841. The fourth-order valence-electron chi connectivity index (χ4n) is 1.82. The van der Waals surface area contributed by atoms with Gasteiger partial charge in [0.1, 0.15) is 17.6 Å². The number of methoxy groups -OCH3 is 2. The van der Waals surface area contributed by atoms with Crippen molar-refractivity contribution in [3.8, 4) is 29.1 Å². The smallest absolute Gasteiger partial charge is 0.169 e. The van der Waals surface area contributed by atoms with Crippen molar-refractivity contribution in [1.82, 2.24) is 0 Å². The highest BCUT2D eigenvalue weighted by Crippen LogP contribution is 2.35. The lowest BCUT2D eigenvalue weighted by Gasteiger charge is -2.13. The van der Waals surface area contributed by atoms with Crippen LogP contribution in [0.1, 0.15) is 11.1 Å². The second-order valence-corrected chi connectivity index (χ2v) is 4.22. The number of hydrogen-bond donors (Lipinski definition) is 1. The van der Waals surface area contributed by atoms with Gasteiger partial charge in [-0.3, -0.25) is 0 Å². The number of hydrogen-bond acceptors (Lipinski definition) is 5. The average molecular weight is 285 g/mol. The molecule has 0 unspecified atom stereocenters. The molecule has 5 nitrogen and oxygen atoms in total. The number of nitrogens with zero attached hydrogens (tertiary/aromatic N) is 1. The van der Waals surface area contributed by atoms with Crippen molar-refractivity contribution < 1.29 is 19.3 Å². The third kappa shape index (κ3) is 3.25. The molecule has 0 aliphatic heterocycles. The molecule has 0 heterocycles. The van der Waals surface area contributed by atoms with E-state index in [9.17, 15) is 0 Å². The Bertz CT molecular complexity index is 676. The molecule has 2 aromatic carbocycles. The Morgan fingerprint density at radius 3 is 2.43 bits per heavy atom. The molecule has 0 aliphatic carbocycles. The first-order valence-electron chi connectivity index (χ1n) is 6.25.